The normalized spacial score (nSPS) is 9.78. The van der Waals surface area contributed by atoms with Gasteiger partial charge in [-0.15, -0.1) is 0 Å². The van der Waals surface area contributed by atoms with Gasteiger partial charge in [-0.2, -0.15) is 0 Å². The van der Waals surface area contributed by atoms with Crippen molar-refractivity contribution in [3.63, 3.8) is 0 Å². The third kappa shape index (κ3) is 4.89. The second-order valence-electron chi connectivity index (χ2n) is 5.97. The van der Waals surface area contributed by atoms with Gasteiger partial charge in [-0.3, -0.25) is 0 Å². The third-order valence-corrected chi connectivity index (χ3v) is 4.04. The minimum absolute atomic E-state index is 0.646. The van der Waals surface area contributed by atoms with Crippen LogP contribution in [0.2, 0.25) is 0 Å². The van der Waals surface area contributed by atoms with E-state index >= 15 is 0 Å². The van der Waals surface area contributed by atoms with Gasteiger partial charge in [-0.05, 0) is 48.5 Å². The summed E-state index contributed by atoms with van der Waals surface area (Å²) in [7, 11) is 0. The van der Waals surface area contributed by atoms with Crippen LogP contribution in [-0.2, 0) is 0 Å². The van der Waals surface area contributed by atoms with Crippen molar-refractivity contribution in [2.75, 3.05) is 16.4 Å². The number of nitrogens with two attached hydrogens (primary N) is 2. The first kappa shape index (κ1) is 18.1. The number of anilines is 5. The molecular weight excluding hydrogens is 330 g/mol. The van der Waals surface area contributed by atoms with E-state index < -0.39 is 0 Å². The lowest BCUT2D eigenvalue weighted by molar-refractivity contribution is 1.28. The van der Waals surface area contributed by atoms with Gasteiger partial charge in [0, 0.05) is 17.1 Å². The van der Waals surface area contributed by atoms with Gasteiger partial charge >= 0.3 is 0 Å². The number of nitrogens with zero attached hydrogens (tertiary/aromatic N) is 1. The average molecular weight is 353 g/mol. The van der Waals surface area contributed by atoms with Crippen LogP contribution < -0.4 is 16.4 Å². The quantitative estimate of drug-likeness (QED) is 0.444. The van der Waals surface area contributed by atoms with Crippen molar-refractivity contribution in [1.82, 2.24) is 0 Å². The second-order valence-corrected chi connectivity index (χ2v) is 5.97. The summed E-state index contributed by atoms with van der Waals surface area (Å²) in [4.78, 5) is 2.25. The zero-order valence-corrected chi connectivity index (χ0v) is 15.1. The molecule has 4 aromatic carbocycles. The standard InChI is InChI=1S/C18H15N.C6H8N2/c1-4-10-16(11-5-1)19(17-12-6-2-7-13-17)18-14-8-3-9-15-18;7-5-3-1-2-4-6(5)8/h1-15H;1-4H,7-8H2. The Morgan fingerprint density at radius 3 is 0.889 bits per heavy atom. The topological polar surface area (TPSA) is 55.3 Å². The van der Waals surface area contributed by atoms with Crippen molar-refractivity contribution in [2.45, 2.75) is 0 Å². The Balaban J connectivity index is 0.000000221. The van der Waals surface area contributed by atoms with Gasteiger partial charge < -0.3 is 16.4 Å². The Hall–Kier alpha value is -3.72. The molecule has 0 aromatic heterocycles. The zero-order valence-electron chi connectivity index (χ0n) is 15.1. The molecule has 0 spiro atoms. The van der Waals surface area contributed by atoms with E-state index in [9.17, 15) is 0 Å². The van der Waals surface area contributed by atoms with Crippen LogP contribution in [0.4, 0.5) is 28.4 Å². The first-order valence-corrected chi connectivity index (χ1v) is 8.81. The number of benzene rings is 4. The minimum Gasteiger partial charge on any atom is -0.397 e. The molecule has 0 unspecified atom stereocenters. The molecule has 3 heteroatoms. The van der Waals surface area contributed by atoms with E-state index in [0.29, 0.717) is 11.4 Å². The van der Waals surface area contributed by atoms with Crippen LogP contribution in [0.15, 0.2) is 115 Å². The van der Waals surface area contributed by atoms with Crippen LogP contribution >= 0.6 is 0 Å². The predicted octanol–water partition coefficient (Wildman–Crippen LogP) is 6.01. The summed E-state index contributed by atoms with van der Waals surface area (Å²) in [5, 5.41) is 0. The van der Waals surface area contributed by atoms with Gasteiger partial charge in [0.2, 0.25) is 0 Å². The largest absolute Gasteiger partial charge is 0.397 e. The molecule has 0 bridgehead atoms. The fourth-order valence-corrected chi connectivity index (χ4v) is 2.69. The van der Waals surface area contributed by atoms with E-state index in [4.69, 9.17) is 11.5 Å². The van der Waals surface area contributed by atoms with Gasteiger partial charge in [0.25, 0.3) is 0 Å². The van der Waals surface area contributed by atoms with Crippen LogP contribution in [0.1, 0.15) is 0 Å². The summed E-state index contributed by atoms with van der Waals surface area (Å²) >= 11 is 0. The van der Waals surface area contributed by atoms with Gasteiger partial charge in [0.05, 0.1) is 11.4 Å². The Kier molecular flexibility index (Phi) is 6.10. The number of rotatable bonds is 3. The first-order valence-electron chi connectivity index (χ1n) is 8.81. The third-order valence-electron chi connectivity index (χ3n) is 4.04. The van der Waals surface area contributed by atoms with Crippen LogP contribution in [0.5, 0.6) is 0 Å². The van der Waals surface area contributed by atoms with Crippen molar-refractivity contribution in [3.05, 3.63) is 115 Å². The van der Waals surface area contributed by atoms with Crippen molar-refractivity contribution in [1.29, 1.82) is 0 Å². The number of hydrogen-bond acceptors (Lipinski definition) is 3. The van der Waals surface area contributed by atoms with Crippen LogP contribution in [0.25, 0.3) is 0 Å². The van der Waals surface area contributed by atoms with Gasteiger partial charge in [-0.1, -0.05) is 66.7 Å². The van der Waals surface area contributed by atoms with Crippen LogP contribution in [-0.4, -0.2) is 0 Å². The molecule has 0 atom stereocenters. The van der Waals surface area contributed by atoms with E-state index in [1.807, 2.05) is 30.3 Å². The Labute approximate surface area is 160 Å². The molecule has 0 aliphatic rings. The van der Waals surface area contributed by atoms with Crippen molar-refractivity contribution < 1.29 is 0 Å². The lowest BCUT2D eigenvalue weighted by Crippen LogP contribution is -2.09. The lowest BCUT2D eigenvalue weighted by atomic mass is 10.2. The molecule has 0 aliphatic carbocycles. The van der Waals surface area contributed by atoms with Crippen LogP contribution in [0.3, 0.4) is 0 Å². The molecule has 27 heavy (non-hydrogen) atoms. The average Bonchev–Trinajstić information content (AvgIpc) is 2.73. The Morgan fingerprint density at radius 1 is 0.370 bits per heavy atom. The number of nitrogen functional groups attached to an aromatic ring is 2. The highest BCUT2D eigenvalue weighted by Gasteiger charge is 2.10. The van der Waals surface area contributed by atoms with Crippen molar-refractivity contribution in [2.24, 2.45) is 0 Å². The van der Waals surface area contributed by atoms with E-state index in [2.05, 4.69) is 77.7 Å². The number of hydrogen-bond donors (Lipinski definition) is 2. The first-order chi connectivity index (χ1) is 13.3. The smallest absolute Gasteiger partial charge is 0.0547 e. The molecule has 134 valence electrons. The molecule has 0 saturated heterocycles. The summed E-state index contributed by atoms with van der Waals surface area (Å²) in [5.74, 6) is 0. The van der Waals surface area contributed by atoms with E-state index in [1.54, 1.807) is 12.1 Å². The highest BCUT2D eigenvalue weighted by atomic mass is 15.1. The molecular formula is C24H23N3. The SMILES string of the molecule is Nc1ccccc1N.c1ccc(N(c2ccccc2)c2ccccc2)cc1. The maximum atomic E-state index is 5.39. The summed E-state index contributed by atoms with van der Waals surface area (Å²) in [6.07, 6.45) is 0. The second kappa shape index (κ2) is 9.11. The molecule has 0 fully saturated rings. The molecule has 0 radical (unpaired) electrons. The maximum Gasteiger partial charge on any atom is 0.0547 e. The zero-order chi connectivity index (χ0) is 18.9. The summed E-state index contributed by atoms with van der Waals surface area (Å²) in [6, 6.07) is 38.5. The Morgan fingerprint density at radius 2 is 0.630 bits per heavy atom. The van der Waals surface area contributed by atoms with Gasteiger partial charge in [-0.25, -0.2) is 0 Å². The number of para-hydroxylation sites is 5. The molecule has 4 N–H and O–H groups in total. The molecule has 0 saturated carbocycles. The highest BCUT2D eigenvalue weighted by Crippen LogP contribution is 2.33. The van der Waals surface area contributed by atoms with E-state index in [1.165, 1.54) is 17.1 Å². The van der Waals surface area contributed by atoms with Gasteiger partial charge in [0.1, 0.15) is 0 Å². The lowest BCUT2D eigenvalue weighted by Gasteiger charge is -2.25. The molecule has 0 heterocycles. The van der Waals surface area contributed by atoms with Gasteiger partial charge in [0.15, 0.2) is 0 Å². The summed E-state index contributed by atoms with van der Waals surface area (Å²) in [6.45, 7) is 0. The van der Waals surface area contributed by atoms with Crippen LogP contribution in [0, 0.1) is 0 Å². The van der Waals surface area contributed by atoms with E-state index in [-0.39, 0.29) is 0 Å². The Bertz CT molecular complexity index is 824. The molecule has 4 aromatic rings. The van der Waals surface area contributed by atoms with E-state index in [0.717, 1.165) is 0 Å². The van der Waals surface area contributed by atoms with Crippen molar-refractivity contribution in [3.8, 4) is 0 Å². The molecule has 4 rings (SSSR count). The minimum atomic E-state index is 0.646. The molecule has 0 amide bonds. The summed E-state index contributed by atoms with van der Waals surface area (Å²) in [5.41, 5.74) is 15.6. The maximum absolute atomic E-state index is 5.39. The van der Waals surface area contributed by atoms with Crippen molar-refractivity contribution >= 4 is 28.4 Å². The monoisotopic (exact) mass is 353 g/mol. The highest BCUT2D eigenvalue weighted by molar-refractivity contribution is 5.76. The molecule has 3 nitrogen and oxygen atoms in total. The fourth-order valence-electron chi connectivity index (χ4n) is 2.69. The predicted molar refractivity (Wildman–Crippen MR) is 116 cm³/mol. The summed E-state index contributed by atoms with van der Waals surface area (Å²) < 4.78 is 0. The molecule has 0 aliphatic heterocycles. The fraction of sp³-hybridized carbons (Fsp3) is 0.